The molecule has 1 rings (SSSR count). The van der Waals surface area contributed by atoms with Crippen LogP contribution in [-0.2, 0) is 0 Å². The first-order valence-corrected chi connectivity index (χ1v) is 7.49. The van der Waals surface area contributed by atoms with Crippen LogP contribution in [0.4, 0.5) is 0 Å². The second-order valence-corrected chi connectivity index (χ2v) is 5.02. The van der Waals surface area contributed by atoms with E-state index in [1.807, 2.05) is 0 Å². The van der Waals surface area contributed by atoms with Crippen LogP contribution in [0.2, 0.25) is 0 Å². The number of rotatable bonds is 7. The van der Waals surface area contributed by atoms with Gasteiger partial charge in [-0.1, -0.05) is 0 Å². The van der Waals surface area contributed by atoms with Gasteiger partial charge in [0.25, 0.3) is 11.8 Å². The van der Waals surface area contributed by atoms with Crippen molar-refractivity contribution in [1.29, 1.82) is 0 Å². The van der Waals surface area contributed by atoms with Crippen LogP contribution < -0.4 is 16.4 Å². The molecule has 0 spiro atoms. The fourth-order valence-electron chi connectivity index (χ4n) is 1.58. The third-order valence-corrected chi connectivity index (χ3v) is 2.98. The largest absolute Gasteiger partial charge is 0.366 e. The molecule has 4 N–H and O–H groups in total. The zero-order valence-corrected chi connectivity index (χ0v) is 13.0. The Balaban J connectivity index is 3.08. The van der Waals surface area contributed by atoms with Crippen molar-refractivity contribution in [1.82, 2.24) is 10.6 Å². The van der Waals surface area contributed by atoms with Gasteiger partial charge in [0.05, 0.1) is 0 Å². The van der Waals surface area contributed by atoms with E-state index in [-0.39, 0.29) is 16.7 Å². The molecule has 21 heavy (non-hydrogen) atoms. The Morgan fingerprint density at radius 2 is 1.24 bits per heavy atom. The molecule has 3 amide bonds. The topological polar surface area (TPSA) is 101 Å². The Kier molecular flexibility index (Phi) is 7.10. The summed E-state index contributed by atoms with van der Waals surface area (Å²) in [6.45, 7) is 0.758. The first-order chi connectivity index (χ1) is 9.99. The van der Waals surface area contributed by atoms with Crippen molar-refractivity contribution >= 4 is 43.0 Å². The second kappa shape index (κ2) is 8.58. The van der Waals surface area contributed by atoms with Crippen LogP contribution in [0.3, 0.4) is 0 Å². The average molecular weight is 327 g/mol. The van der Waals surface area contributed by atoms with Gasteiger partial charge in [0.2, 0.25) is 5.91 Å². The summed E-state index contributed by atoms with van der Waals surface area (Å²) < 4.78 is 0. The number of hydrogen-bond donors (Lipinski definition) is 5. The number of amides is 3. The van der Waals surface area contributed by atoms with Crippen LogP contribution in [0.15, 0.2) is 18.2 Å². The van der Waals surface area contributed by atoms with Crippen LogP contribution in [-0.4, -0.2) is 42.3 Å². The zero-order chi connectivity index (χ0) is 15.8. The summed E-state index contributed by atoms with van der Waals surface area (Å²) in [7, 11) is 0. The zero-order valence-electron chi connectivity index (χ0n) is 11.3. The van der Waals surface area contributed by atoms with Gasteiger partial charge in [-0.15, -0.1) is 0 Å². The Labute approximate surface area is 133 Å². The van der Waals surface area contributed by atoms with Gasteiger partial charge in [0.15, 0.2) is 0 Å². The van der Waals surface area contributed by atoms with Gasteiger partial charge in [-0.3, -0.25) is 14.4 Å². The van der Waals surface area contributed by atoms with Crippen LogP contribution in [0.25, 0.3) is 0 Å². The molecule has 0 aliphatic carbocycles. The Bertz CT molecular complexity index is 511. The number of hydrogen-bond acceptors (Lipinski definition) is 5. The summed E-state index contributed by atoms with van der Waals surface area (Å²) in [6.07, 6.45) is 0. The molecule has 0 radical (unpaired) electrons. The maximum absolute atomic E-state index is 11.9. The molecule has 0 aliphatic heterocycles. The third-order valence-electron chi connectivity index (χ3n) is 2.54. The highest BCUT2D eigenvalue weighted by molar-refractivity contribution is 7.80. The number of nitrogens with two attached hydrogens (primary N) is 1. The van der Waals surface area contributed by atoms with Crippen LogP contribution >= 0.6 is 25.3 Å². The van der Waals surface area contributed by atoms with E-state index in [4.69, 9.17) is 5.73 Å². The molecule has 0 bridgehead atoms. The lowest BCUT2D eigenvalue weighted by atomic mass is 10.0. The Morgan fingerprint density at radius 1 is 0.857 bits per heavy atom. The van der Waals surface area contributed by atoms with Crippen molar-refractivity contribution in [3.05, 3.63) is 34.9 Å². The minimum absolute atomic E-state index is 0.101. The van der Waals surface area contributed by atoms with E-state index in [9.17, 15) is 14.4 Å². The fourth-order valence-corrected chi connectivity index (χ4v) is 1.80. The monoisotopic (exact) mass is 327 g/mol. The lowest BCUT2D eigenvalue weighted by Gasteiger charge is -2.09. The van der Waals surface area contributed by atoms with Crippen molar-refractivity contribution in [3.63, 3.8) is 0 Å². The first-order valence-electron chi connectivity index (χ1n) is 6.22. The van der Waals surface area contributed by atoms with Crippen molar-refractivity contribution in [3.8, 4) is 0 Å². The summed E-state index contributed by atoms with van der Waals surface area (Å²) in [5, 5.41) is 5.23. The van der Waals surface area contributed by atoms with Crippen molar-refractivity contribution in [2.24, 2.45) is 5.73 Å². The molecule has 114 valence electrons. The molecule has 0 unspecified atom stereocenters. The van der Waals surface area contributed by atoms with Crippen LogP contribution in [0.5, 0.6) is 0 Å². The van der Waals surface area contributed by atoms with E-state index < -0.39 is 17.7 Å². The molecule has 0 aliphatic rings. The number of benzene rings is 1. The third kappa shape index (κ3) is 5.31. The summed E-state index contributed by atoms with van der Waals surface area (Å²) in [6, 6.07) is 4.12. The van der Waals surface area contributed by atoms with E-state index >= 15 is 0 Å². The predicted molar refractivity (Wildman–Crippen MR) is 87.3 cm³/mol. The average Bonchev–Trinajstić information content (AvgIpc) is 2.49. The molecule has 0 atom stereocenters. The van der Waals surface area contributed by atoms with E-state index in [1.54, 1.807) is 0 Å². The molecule has 0 aromatic heterocycles. The highest BCUT2D eigenvalue weighted by atomic mass is 32.1. The smallest absolute Gasteiger partial charge is 0.251 e. The summed E-state index contributed by atoms with van der Waals surface area (Å²) in [4.78, 5) is 35.2. The van der Waals surface area contributed by atoms with Gasteiger partial charge in [0, 0.05) is 41.3 Å². The fraction of sp³-hybridized carbons (Fsp3) is 0.308. The molecule has 0 saturated carbocycles. The quantitative estimate of drug-likeness (QED) is 0.459. The van der Waals surface area contributed by atoms with Crippen LogP contribution in [0, 0.1) is 0 Å². The van der Waals surface area contributed by atoms with Gasteiger partial charge in [0.1, 0.15) is 0 Å². The minimum atomic E-state index is -0.706. The number of carbonyl (C=O) groups is 3. The predicted octanol–water partition coefficient (Wildman–Crippen LogP) is 0.105. The number of carbonyl (C=O) groups excluding carboxylic acids is 3. The SMILES string of the molecule is NC(=O)c1cc(C(=O)NCCS)cc(C(=O)NCCS)c1. The first kappa shape index (κ1) is 17.4. The van der Waals surface area contributed by atoms with E-state index in [0.717, 1.165) is 0 Å². The number of nitrogens with one attached hydrogen (secondary N) is 2. The Morgan fingerprint density at radius 3 is 1.57 bits per heavy atom. The second-order valence-electron chi connectivity index (χ2n) is 4.12. The highest BCUT2D eigenvalue weighted by Gasteiger charge is 2.14. The van der Waals surface area contributed by atoms with Crippen molar-refractivity contribution in [2.75, 3.05) is 24.6 Å². The summed E-state index contributed by atoms with van der Waals surface area (Å²) >= 11 is 7.98. The van der Waals surface area contributed by atoms with E-state index in [1.165, 1.54) is 18.2 Å². The van der Waals surface area contributed by atoms with Gasteiger partial charge >= 0.3 is 0 Å². The molecule has 0 heterocycles. The van der Waals surface area contributed by atoms with Gasteiger partial charge in [-0.05, 0) is 18.2 Å². The molecular weight excluding hydrogens is 310 g/mol. The van der Waals surface area contributed by atoms with Gasteiger partial charge in [-0.25, -0.2) is 0 Å². The molecular formula is C13H17N3O3S2. The maximum Gasteiger partial charge on any atom is 0.251 e. The maximum atomic E-state index is 11.9. The van der Waals surface area contributed by atoms with Crippen molar-refractivity contribution in [2.45, 2.75) is 0 Å². The Hall–Kier alpha value is -1.67. The van der Waals surface area contributed by atoms with Crippen LogP contribution in [0.1, 0.15) is 31.1 Å². The minimum Gasteiger partial charge on any atom is -0.366 e. The van der Waals surface area contributed by atoms with E-state index in [0.29, 0.717) is 24.6 Å². The molecule has 8 heteroatoms. The molecule has 0 fully saturated rings. The molecule has 1 aromatic rings. The van der Waals surface area contributed by atoms with E-state index in [2.05, 4.69) is 35.9 Å². The summed E-state index contributed by atoms with van der Waals surface area (Å²) in [5.74, 6) is -0.527. The summed E-state index contributed by atoms with van der Waals surface area (Å²) in [5.41, 5.74) is 5.72. The van der Waals surface area contributed by atoms with Crippen molar-refractivity contribution < 1.29 is 14.4 Å². The molecule has 0 saturated heterocycles. The number of primary amides is 1. The molecule has 6 nitrogen and oxygen atoms in total. The van der Waals surface area contributed by atoms with Gasteiger partial charge in [-0.2, -0.15) is 25.3 Å². The lowest BCUT2D eigenvalue weighted by molar-refractivity contribution is 0.0955. The lowest BCUT2D eigenvalue weighted by Crippen LogP contribution is -2.28. The van der Waals surface area contributed by atoms with Gasteiger partial charge < -0.3 is 16.4 Å². The standard InChI is InChI=1S/C13H17N3O3S2/c14-11(17)8-5-9(12(18)15-1-3-20)7-10(6-8)13(19)16-2-4-21/h5-7,20-21H,1-4H2,(H2,14,17)(H,15,18)(H,16,19). The molecule has 1 aromatic carbocycles. The normalized spacial score (nSPS) is 10.0. The number of thiol groups is 2. The highest BCUT2D eigenvalue weighted by Crippen LogP contribution is 2.11.